The highest BCUT2D eigenvalue weighted by molar-refractivity contribution is 7.87. The Hall–Kier alpha value is -1.25. The summed E-state index contributed by atoms with van der Waals surface area (Å²) in [5.41, 5.74) is -6.04. The highest BCUT2D eigenvalue weighted by atomic mass is 32.2. The van der Waals surface area contributed by atoms with Crippen LogP contribution in [0.4, 0.5) is 13.2 Å². The summed E-state index contributed by atoms with van der Waals surface area (Å²) in [4.78, 5) is 11.6. The predicted molar refractivity (Wildman–Crippen MR) is 87.8 cm³/mol. The molecular weight excluding hydrogens is 361 g/mol. The van der Waals surface area contributed by atoms with Crippen molar-refractivity contribution < 1.29 is 35.3 Å². The van der Waals surface area contributed by atoms with Crippen molar-refractivity contribution in [3.63, 3.8) is 0 Å². The number of allylic oxidation sites excluding steroid dienone is 1. The van der Waals surface area contributed by atoms with Crippen LogP contribution < -0.4 is 0 Å². The maximum atomic E-state index is 12.3. The lowest BCUT2D eigenvalue weighted by Gasteiger charge is -2.20. The van der Waals surface area contributed by atoms with E-state index in [9.17, 15) is 26.4 Å². The first-order chi connectivity index (χ1) is 11.1. The molecule has 0 rings (SSSR count). The number of hydrogen-bond acceptors (Lipinski definition) is 5. The van der Waals surface area contributed by atoms with E-state index in [1.807, 2.05) is 6.92 Å². The van der Waals surface area contributed by atoms with E-state index in [-0.39, 0.29) is 18.5 Å². The topological polar surface area (TPSA) is 69.7 Å². The molecule has 0 N–H and O–H groups in total. The third kappa shape index (κ3) is 8.60. The van der Waals surface area contributed by atoms with Crippen LogP contribution in [-0.4, -0.2) is 26.5 Å². The number of rotatable bonds is 9. The van der Waals surface area contributed by atoms with E-state index in [4.69, 9.17) is 4.74 Å². The highest BCUT2D eigenvalue weighted by Crippen LogP contribution is 2.30. The maximum Gasteiger partial charge on any atom is 0.534 e. The van der Waals surface area contributed by atoms with Crippen LogP contribution in [0, 0.1) is 17.3 Å². The summed E-state index contributed by atoms with van der Waals surface area (Å²) in [6, 6.07) is 0. The van der Waals surface area contributed by atoms with E-state index in [1.165, 1.54) is 0 Å². The van der Waals surface area contributed by atoms with E-state index >= 15 is 0 Å². The minimum atomic E-state index is -5.68. The van der Waals surface area contributed by atoms with Gasteiger partial charge in [-0.3, -0.25) is 4.79 Å². The van der Waals surface area contributed by atoms with Crippen LogP contribution in [0.5, 0.6) is 0 Å². The number of ether oxygens (including phenoxy) is 1. The molecule has 0 aliphatic carbocycles. The molecule has 0 bridgehead atoms. The van der Waals surface area contributed by atoms with Crippen LogP contribution in [0.1, 0.15) is 53.9 Å². The van der Waals surface area contributed by atoms with Gasteiger partial charge >= 0.3 is 21.6 Å². The first-order valence-electron chi connectivity index (χ1n) is 7.94. The van der Waals surface area contributed by atoms with E-state index < -0.39 is 32.7 Å². The Morgan fingerprint density at radius 3 is 2.12 bits per heavy atom. The maximum absolute atomic E-state index is 12.3. The van der Waals surface area contributed by atoms with Crippen molar-refractivity contribution in [2.45, 2.75) is 59.4 Å². The molecule has 0 saturated heterocycles. The second kappa shape index (κ2) is 8.91. The summed E-state index contributed by atoms with van der Waals surface area (Å²) in [7, 11) is -5.68. The Balaban J connectivity index is 4.28. The third-order valence-electron chi connectivity index (χ3n) is 3.49. The molecule has 0 radical (unpaired) electrons. The molecule has 0 fully saturated rings. The second-order valence-electron chi connectivity index (χ2n) is 7.22. The lowest BCUT2D eigenvalue weighted by atomic mass is 9.93. The van der Waals surface area contributed by atoms with Crippen molar-refractivity contribution in [1.29, 1.82) is 0 Å². The minimum Gasteiger partial charge on any atom is -0.465 e. The molecule has 0 spiro atoms. The Kier molecular flexibility index (Phi) is 8.47. The SMILES string of the molecule is C=C(OS(=O)(=O)C(F)(F)F)C(C)C[C@H](C)CCCOC(=O)C(C)(C)C. The van der Waals surface area contributed by atoms with Crippen molar-refractivity contribution >= 4 is 16.1 Å². The summed E-state index contributed by atoms with van der Waals surface area (Å²) >= 11 is 0. The van der Waals surface area contributed by atoms with Gasteiger partial charge in [0.1, 0.15) is 5.76 Å². The number of alkyl halides is 3. The van der Waals surface area contributed by atoms with Crippen LogP contribution in [0.2, 0.25) is 0 Å². The van der Waals surface area contributed by atoms with Gasteiger partial charge in [-0.05, 0) is 46.0 Å². The minimum absolute atomic E-state index is 0.0669. The van der Waals surface area contributed by atoms with Crippen molar-refractivity contribution in [2.75, 3.05) is 6.61 Å². The molecule has 0 aromatic carbocycles. The summed E-state index contributed by atoms with van der Waals surface area (Å²) in [5, 5.41) is 0. The average Bonchev–Trinajstić information content (AvgIpc) is 2.40. The summed E-state index contributed by atoms with van der Waals surface area (Å²) in [5.74, 6) is -1.24. The zero-order valence-corrected chi connectivity index (χ0v) is 16.1. The molecule has 25 heavy (non-hydrogen) atoms. The monoisotopic (exact) mass is 388 g/mol. The lowest BCUT2D eigenvalue weighted by molar-refractivity contribution is -0.153. The lowest BCUT2D eigenvalue weighted by Crippen LogP contribution is -2.26. The van der Waals surface area contributed by atoms with Gasteiger partial charge in [-0.2, -0.15) is 21.6 Å². The fourth-order valence-corrected chi connectivity index (χ4v) is 2.48. The quantitative estimate of drug-likeness (QED) is 0.193. The molecular formula is C16H27F3O5S. The van der Waals surface area contributed by atoms with Crippen molar-refractivity contribution in [3.05, 3.63) is 12.3 Å². The van der Waals surface area contributed by atoms with Gasteiger partial charge in [-0.15, -0.1) is 0 Å². The van der Waals surface area contributed by atoms with Gasteiger partial charge in [0.25, 0.3) is 0 Å². The van der Waals surface area contributed by atoms with E-state index in [2.05, 4.69) is 10.8 Å². The first-order valence-corrected chi connectivity index (χ1v) is 9.35. The zero-order chi connectivity index (χ0) is 20.1. The molecule has 0 amide bonds. The molecule has 0 aliphatic heterocycles. The van der Waals surface area contributed by atoms with Gasteiger partial charge in [-0.25, -0.2) is 0 Å². The van der Waals surface area contributed by atoms with Gasteiger partial charge in [0.05, 0.1) is 12.0 Å². The normalized spacial score (nSPS) is 15.4. The number of esters is 1. The van der Waals surface area contributed by atoms with Crippen LogP contribution in [-0.2, 0) is 23.8 Å². The third-order valence-corrected chi connectivity index (χ3v) is 4.49. The van der Waals surface area contributed by atoms with Crippen molar-refractivity contribution in [3.8, 4) is 0 Å². The van der Waals surface area contributed by atoms with Gasteiger partial charge in [-0.1, -0.05) is 20.4 Å². The number of carbonyl (C=O) groups excluding carboxylic acids is 1. The molecule has 0 aromatic rings. The zero-order valence-electron chi connectivity index (χ0n) is 15.3. The fraction of sp³-hybridized carbons (Fsp3) is 0.812. The molecule has 9 heteroatoms. The molecule has 148 valence electrons. The van der Waals surface area contributed by atoms with E-state index in [0.29, 0.717) is 19.3 Å². The smallest absolute Gasteiger partial charge is 0.465 e. The molecule has 0 saturated carbocycles. The Morgan fingerprint density at radius 2 is 1.68 bits per heavy atom. The van der Waals surface area contributed by atoms with E-state index in [1.54, 1.807) is 27.7 Å². The number of hydrogen-bond donors (Lipinski definition) is 0. The molecule has 5 nitrogen and oxygen atoms in total. The Morgan fingerprint density at radius 1 is 1.16 bits per heavy atom. The number of halogens is 3. The van der Waals surface area contributed by atoms with Crippen LogP contribution in [0.15, 0.2) is 12.3 Å². The average molecular weight is 388 g/mol. The van der Waals surface area contributed by atoms with Gasteiger partial charge in [0, 0.05) is 5.92 Å². The van der Waals surface area contributed by atoms with E-state index in [0.717, 1.165) is 0 Å². The summed E-state index contributed by atoms with van der Waals surface area (Å²) < 4.78 is 67.9. The number of carbonyl (C=O) groups is 1. The van der Waals surface area contributed by atoms with Crippen LogP contribution in [0.25, 0.3) is 0 Å². The standard InChI is InChI=1S/C16H27F3O5S/c1-11(8-7-9-23-14(20)15(4,5)6)10-12(2)13(3)24-25(21,22)16(17,18)19/h11-12H,3,7-10H2,1-2,4-6H3/t11-,12?/m1/s1. The molecule has 1 unspecified atom stereocenters. The van der Waals surface area contributed by atoms with Crippen LogP contribution in [0.3, 0.4) is 0 Å². The highest BCUT2D eigenvalue weighted by Gasteiger charge is 2.49. The molecule has 0 heterocycles. The van der Waals surface area contributed by atoms with Crippen LogP contribution >= 0.6 is 0 Å². The molecule has 2 atom stereocenters. The van der Waals surface area contributed by atoms with Gasteiger partial charge < -0.3 is 8.92 Å². The molecule has 0 aliphatic rings. The Bertz CT molecular complexity index is 561. The fourth-order valence-electron chi connectivity index (χ4n) is 1.94. The van der Waals surface area contributed by atoms with Gasteiger partial charge in [0.2, 0.25) is 0 Å². The first kappa shape index (κ1) is 23.8. The Labute approximate surface area is 147 Å². The second-order valence-corrected chi connectivity index (χ2v) is 8.76. The largest absolute Gasteiger partial charge is 0.534 e. The summed E-state index contributed by atoms with van der Waals surface area (Å²) in [6.07, 6.45) is 1.67. The predicted octanol–water partition coefficient (Wildman–Crippen LogP) is 4.40. The van der Waals surface area contributed by atoms with Crippen molar-refractivity contribution in [2.24, 2.45) is 17.3 Å². The van der Waals surface area contributed by atoms with Crippen molar-refractivity contribution in [1.82, 2.24) is 0 Å². The summed E-state index contributed by atoms with van der Waals surface area (Å²) in [6.45, 7) is 12.2. The molecule has 0 aromatic heterocycles. The van der Waals surface area contributed by atoms with Gasteiger partial charge in [0.15, 0.2) is 0 Å².